The molecule has 1 nitrogen and oxygen atoms in total. The van der Waals surface area contributed by atoms with Gasteiger partial charge in [0.1, 0.15) is 0 Å². The van der Waals surface area contributed by atoms with Gasteiger partial charge in [-0.2, -0.15) is 0 Å². The molecule has 1 aliphatic heterocycles. The van der Waals surface area contributed by atoms with Crippen LogP contribution >= 0.6 is 0 Å². The SMILES string of the molecule is CC1=C2C=CC=C2CCN1C. The molecule has 0 spiro atoms. The zero-order chi connectivity index (χ0) is 7.84. The van der Waals surface area contributed by atoms with Crippen LogP contribution in [0.2, 0.25) is 0 Å². The minimum Gasteiger partial charge on any atom is -0.377 e. The molecule has 0 saturated heterocycles. The number of fused-ring (bicyclic) bond motifs is 1. The molecule has 0 fully saturated rings. The van der Waals surface area contributed by atoms with E-state index < -0.39 is 0 Å². The van der Waals surface area contributed by atoms with Crippen molar-refractivity contribution < 1.29 is 0 Å². The zero-order valence-electron chi connectivity index (χ0n) is 7.09. The smallest absolute Gasteiger partial charge is 0.0212 e. The van der Waals surface area contributed by atoms with Crippen molar-refractivity contribution in [2.45, 2.75) is 13.3 Å². The highest BCUT2D eigenvalue weighted by Crippen LogP contribution is 2.30. The van der Waals surface area contributed by atoms with E-state index in [0.29, 0.717) is 0 Å². The third-order valence-corrected chi connectivity index (χ3v) is 2.59. The van der Waals surface area contributed by atoms with Gasteiger partial charge in [0.25, 0.3) is 0 Å². The molecule has 0 amide bonds. The predicted octanol–water partition coefficient (Wildman–Crippen LogP) is 2.09. The molecule has 0 saturated carbocycles. The van der Waals surface area contributed by atoms with E-state index in [1.165, 1.54) is 29.8 Å². The lowest BCUT2D eigenvalue weighted by atomic mass is 10.0. The number of allylic oxidation sites excluding steroid dienone is 5. The summed E-state index contributed by atoms with van der Waals surface area (Å²) in [5.74, 6) is 0. The molecule has 1 heteroatoms. The van der Waals surface area contributed by atoms with Crippen molar-refractivity contribution in [3.8, 4) is 0 Å². The van der Waals surface area contributed by atoms with Crippen LogP contribution in [0.15, 0.2) is 35.1 Å². The van der Waals surface area contributed by atoms with E-state index in [2.05, 4.69) is 37.1 Å². The first kappa shape index (κ1) is 6.71. The largest absolute Gasteiger partial charge is 0.377 e. The normalized spacial score (nSPS) is 22.4. The highest BCUT2D eigenvalue weighted by atomic mass is 15.1. The molecule has 0 bridgehead atoms. The summed E-state index contributed by atoms with van der Waals surface area (Å²) in [6.07, 6.45) is 7.79. The number of nitrogens with zero attached hydrogens (tertiary/aromatic N) is 1. The third-order valence-electron chi connectivity index (χ3n) is 2.59. The zero-order valence-corrected chi connectivity index (χ0v) is 7.09. The Morgan fingerprint density at radius 2 is 2.27 bits per heavy atom. The maximum absolute atomic E-state index is 2.32. The van der Waals surface area contributed by atoms with Gasteiger partial charge >= 0.3 is 0 Å². The van der Waals surface area contributed by atoms with Crippen LogP contribution in [0.25, 0.3) is 0 Å². The van der Waals surface area contributed by atoms with Gasteiger partial charge in [0.05, 0.1) is 0 Å². The Bertz CT molecular complexity index is 269. The van der Waals surface area contributed by atoms with Gasteiger partial charge in [-0.25, -0.2) is 0 Å². The van der Waals surface area contributed by atoms with Gasteiger partial charge in [-0.15, -0.1) is 0 Å². The average Bonchev–Trinajstić information content (AvgIpc) is 2.45. The van der Waals surface area contributed by atoms with E-state index in [1.807, 2.05) is 0 Å². The van der Waals surface area contributed by atoms with E-state index >= 15 is 0 Å². The van der Waals surface area contributed by atoms with E-state index in [4.69, 9.17) is 0 Å². The molecular weight excluding hydrogens is 134 g/mol. The van der Waals surface area contributed by atoms with Crippen molar-refractivity contribution in [3.63, 3.8) is 0 Å². The van der Waals surface area contributed by atoms with Crippen molar-refractivity contribution >= 4 is 0 Å². The Labute approximate surface area is 67.7 Å². The molecule has 1 heterocycles. The van der Waals surface area contributed by atoms with Crippen LogP contribution in [0.5, 0.6) is 0 Å². The van der Waals surface area contributed by atoms with Gasteiger partial charge in [-0.1, -0.05) is 18.2 Å². The Morgan fingerprint density at radius 1 is 1.45 bits per heavy atom. The van der Waals surface area contributed by atoms with Crippen molar-refractivity contribution in [3.05, 3.63) is 35.1 Å². The highest BCUT2D eigenvalue weighted by Gasteiger charge is 2.17. The van der Waals surface area contributed by atoms with Crippen LogP contribution in [0.1, 0.15) is 13.3 Å². The molecule has 0 aromatic heterocycles. The summed E-state index contributed by atoms with van der Waals surface area (Å²) < 4.78 is 0. The Morgan fingerprint density at radius 3 is 3.09 bits per heavy atom. The second-order valence-corrected chi connectivity index (χ2v) is 3.22. The van der Waals surface area contributed by atoms with Gasteiger partial charge in [0.15, 0.2) is 0 Å². The van der Waals surface area contributed by atoms with E-state index in [0.717, 1.165) is 0 Å². The molecule has 0 aromatic carbocycles. The lowest BCUT2D eigenvalue weighted by molar-refractivity contribution is 0.406. The van der Waals surface area contributed by atoms with E-state index in [1.54, 1.807) is 0 Å². The summed E-state index contributed by atoms with van der Waals surface area (Å²) in [7, 11) is 2.16. The fraction of sp³-hybridized carbons (Fsp3) is 0.400. The second kappa shape index (κ2) is 2.26. The van der Waals surface area contributed by atoms with Crippen LogP contribution in [0, 0.1) is 0 Å². The molecule has 0 N–H and O–H groups in total. The second-order valence-electron chi connectivity index (χ2n) is 3.22. The fourth-order valence-electron chi connectivity index (χ4n) is 1.69. The summed E-state index contributed by atoms with van der Waals surface area (Å²) in [6.45, 7) is 3.36. The Balaban J connectivity index is 2.45. The summed E-state index contributed by atoms with van der Waals surface area (Å²) in [4.78, 5) is 2.32. The lowest BCUT2D eigenvalue weighted by Gasteiger charge is -2.27. The van der Waals surface area contributed by atoms with Gasteiger partial charge < -0.3 is 4.90 Å². The van der Waals surface area contributed by atoms with Crippen LogP contribution in [-0.4, -0.2) is 18.5 Å². The molecule has 0 unspecified atom stereocenters. The van der Waals surface area contributed by atoms with Gasteiger partial charge in [0, 0.05) is 19.3 Å². The summed E-state index contributed by atoms with van der Waals surface area (Å²) in [6, 6.07) is 0. The van der Waals surface area contributed by atoms with Crippen molar-refractivity contribution in [2.24, 2.45) is 0 Å². The fourth-order valence-corrected chi connectivity index (χ4v) is 1.69. The standard InChI is InChI=1S/C10H13N/c1-8-10-5-3-4-9(10)6-7-11(8)2/h3-5H,6-7H2,1-2H3. The number of rotatable bonds is 0. The minimum atomic E-state index is 1.17. The lowest BCUT2D eigenvalue weighted by Crippen LogP contribution is -2.23. The van der Waals surface area contributed by atoms with E-state index in [-0.39, 0.29) is 0 Å². The third kappa shape index (κ3) is 0.917. The summed E-state index contributed by atoms with van der Waals surface area (Å²) in [5.41, 5.74) is 4.37. The minimum absolute atomic E-state index is 1.17. The molecule has 0 aromatic rings. The van der Waals surface area contributed by atoms with Crippen LogP contribution in [0.3, 0.4) is 0 Å². The average molecular weight is 147 g/mol. The van der Waals surface area contributed by atoms with Gasteiger partial charge in [0.2, 0.25) is 0 Å². The first-order valence-corrected chi connectivity index (χ1v) is 4.08. The summed E-state index contributed by atoms with van der Waals surface area (Å²) >= 11 is 0. The quantitative estimate of drug-likeness (QED) is 0.507. The molecule has 2 rings (SSSR count). The van der Waals surface area contributed by atoms with E-state index in [9.17, 15) is 0 Å². The molecule has 11 heavy (non-hydrogen) atoms. The molecule has 58 valence electrons. The first-order chi connectivity index (χ1) is 5.29. The highest BCUT2D eigenvalue weighted by molar-refractivity contribution is 5.51. The summed E-state index contributed by atoms with van der Waals surface area (Å²) in [5, 5.41) is 0. The maximum atomic E-state index is 2.32. The van der Waals surface area contributed by atoms with Crippen molar-refractivity contribution in [1.29, 1.82) is 0 Å². The van der Waals surface area contributed by atoms with Gasteiger partial charge in [-0.05, 0) is 24.5 Å². The molecule has 2 aliphatic rings. The predicted molar refractivity (Wildman–Crippen MR) is 47.2 cm³/mol. The molecule has 1 aliphatic carbocycles. The van der Waals surface area contributed by atoms with Gasteiger partial charge in [-0.3, -0.25) is 0 Å². The topological polar surface area (TPSA) is 3.24 Å². The number of hydrogen-bond acceptors (Lipinski definition) is 1. The molecule has 0 atom stereocenters. The van der Waals surface area contributed by atoms with Crippen LogP contribution < -0.4 is 0 Å². The first-order valence-electron chi connectivity index (χ1n) is 4.08. The van der Waals surface area contributed by atoms with Crippen LogP contribution in [0.4, 0.5) is 0 Å². The number of hydrogen-bond donors (Lipinski definition) is 0. The molecule has 0 radical (unpaired) electrons. The van der Waals surface area contributed by atoms with Crippen molar-refractivity contribution in [2.75, 3.05) is 13.6 Å². The Hall–Kier alpha value is -0.980. The van der Waals surface area contributed by atoms with Crippen LogP contribution in [-0.2, 0) is 0 Å². The molecular formula is C10H13N. The van der Waals surface area contributed by atoms with Crippen molar-refractivity contribution in [1.82, 2.24) is 4.90 Å². The monoisotopic (exact) mass is 147 g/mol. The Kier molecular flexibility index (Phi) is 1.38. The maximum Gasteiger partial charge on any atom is 0.0212 e.